The summed E-state index contributed by atoms with van der Waals surface area (Å²) in [6.07, 6.45) is -0.446. The molecular weight excluding hydrogens is 248 g/mol. The maximum Gasteiger partial charge on any atom is 0.303 e. The molecule has 1 N–H and O–H groups in total. The molecule has 1 aromatic heterocycles. The fraction of sp³-hybridized carbons (Fsp3) is 0.231. The second-order valence-electron chi connectivity index (χ2n) is 4.10. The molecule has 0 aliphatic carbocycles. The van der Waals surface area contributed by atoms with E-state index in [1.54, 1.807) is 24.3 Å². The Morgan fingerprint density at radius 2 is 1.89 bits per heavy atom. The van der Waals surface area contributed by atoms with Gasteiger partial charge in [-0.15, -0.1) is 0 Å². The summed E-state index contributed by atoms with van der Waals surface area (Å²) in [6.45, 7) is 1.32. The van der Waals surface area contributed by atoms with Gasteiger partial charge in [0.05, 0.1) is 17.5 Å². The number of benzene rings is 1. The molecule has 1 aromatic carbocycles. The number of aliphatic carboxylic acids is 1. The Morgan fingerprint density at radius 3 is 2.53 bits per heavy atom. The van der Waals surface area contributed by atoms with Gasteiger partial charge in [0.25, 0.3) is 0 Å². The molecule has 0 aliphatic rings. The van der Waals surface area contributed by atoms with Gasteiger partial charge in [-0.25, -0.2) is 4.98 Å². The van der Waals surface area contributed by atoms with Gasteiger partial charge in [0.1, 0.15) is 0 Å². The van der Waals surface area contributed by atoms with Crippen LogP contribution in [0.1, 0.15) is 35.2 Å². The van der Waals surface area contributed by atoms with Crippen LogP contribution >= 0.6 is 0 Å². The third-order valence-corrected chi connectivity index (χ3v) is 2.68. The normalized spacial score (nSPS) is 10.6. The first kappa shape index (κ1) is 12.9. The van der Waals surface area contributed by atoms with Gasteiger partial charge in [-0.1, -0.05) is 12.1 Å². The number of carbonyl (C=O) groups excluding carboxylic acids is 2. The van der Waals surface area contributed by atoms with Crippen molar-refractivity contribution in [3.05, 3.63) is 30.1 Å². The van der Waals surface area contributed by atoms with Crippen LogP contribution in [-0.4, -0.2) is 32.3 Å². The van der Waals surface area contributed by atoms with Gasteiger partial charge >= 0.3 is 5.97 Å². The van der Waals surface area contributed by atoms with Crippen LogP contribution in [0.15, 0.2) is 24.3 Å². The third kappa shape index (κ3) is 2.52. The average molecular weight is 260 g/mol. The maximum absolute atomic E-state index is 12.1. The summed E-state index contributed by atoms with van der Waals surface area (Å²) < 4.78 is 1.20. The number of hydrogen-bond donors (Lipinski definition) is 1. The first-order valence-electron chi connectivity index (χ1n) is 5.74. The van der Waals surface area contributed by atoms with Gasteiger partial charge in [-0.2, -0.15) is 0 Å². The van der Waals surface area contributed by atoms with Crippen molar-refractivity contribution in [1.82, 2.24) is 9.55 Å². The highest BCUT2D eigenvalue weighted by Crippen LogP contribution is 2.17. The molecule has 0 unspecified atom stereocenters. The number of carboxylic acid groups (broad SMARTS) is 1. The lowest BCUT2D eigenvalue weighted by Crippen LogP contribution is -2.17. The minimum Gasteiger partial charge on any atom is -0.481 e. The Balaban J connectivity index is 2.50. The molecule has 6 nitrogen and oxygen atoms in total. The molecular formula is C13H12N2O4. The summed E-state index contributed by atoms with van der Waals surface area (Å²) in [4.78, 5) is 38.2. The van der Waals surface area contributed by atoms with E-state index in [-0.39, 0.29) is 24.4 Å². The van der Waals surface area contributed by atoms with E-state index in [1.165, 1.54) is 11.5 Å². The Hall–Kier alpha value is -2.50. The Kier molecular flexibility index (Phi) is 3.41. The van der Waals surface area contributed by atoms with E-state index in [9.17, 15) is 14.4 Å². The zero-order chi connectivity index (χ0) is 14.0. The number of nitrogens with zero attached hydrogens (tertiary/aromatic N) is 2. The average Bonchev–Trinajstić information content (AvgIpc) is 2.75. The molecule has 1 heterocycles. The number of fused-ring (bicyclic) bond motifs is 1. The predicted molar refractivity (Wildman–Crippen MR) is 67.2 cm³/mol. The molecule has 2 aromatic rings. The molecule has 0 aliphatic heterocycles. The first-order chi connectivity index (χ1) is 9.00. The number of rotatable bonds is 4. The third-order valence-electron chi connectivity index (χ3n) is 2.68. The van der Waals surface area contributed by atoms with Crippen molar-refractivity contribution in [3.63, 3.8) is 0 Å². The van der Waals surface area contributed by atoms with Crippen LogP contribution < -0.4 is 0 Å². The number of aromatic nitrogens is 2. The fourth-order valence-corrected chi connectivity index (χ4v) is 1.84. The lowest BCUT2D eigenvalue weighted by atomic mass is 10.2. The van der Waals surface area contributed by atoms with Crippen LogP contribution in [0.4, 0.5) is 0 Å². The van der Waals surface area contributed by atoms with Crippen molar-refractivity contribution in [2.75, 3.05) is 0 Å². The number of Topliss-reactive ketones (excluding diaryl/α,β-unsaturated/α-hetero) is 1. The molecule has 0 fully saturated rings. The Morgan fingerprint density at radius 1 is 1.21 bits per heavy atom. The molecule has 2 rings (SSSR count). The van der Waals surface area contributed by atoms with Gasteiger partial charge in [-0.3, -0.25) is 19.0 Å². The molecule has 98 valence electrons. The summed E-state index contributed by atoms with van der Waals surface area (Å²) in [6, 6.07) is 6.86. The van der Waals surface area contributed by atoms with Gasteiger partial charge in [0.2, 0.25) is 5.91 Å². The number of hydrogen-bond acceptors (Lipinski definition) is 4. The monoisotopic (exact) mass is 260 g/mol. The lowest BCUT2D eigenvalue weighted by molar-refractivity contribution is -0.136. The minimum absolute atomic E-state index is 0.0385. The highest BCUT2D eigenvalue weighted by atomic mass is 16.4. The van der Waals surface area contributed by atoms with E-state index >= 15 is 0 Å². The summed E-state index contributed by atoms with van der Waals surface area (Å²) in [5, 5.41) is 8.61. The molecule has 0 atom stereocenters. The van der Waals surface area contributed by atoms with E-state index in [2.05, 4.69) is 4.98 Å². The Labute approximate surface area is 108 Å². The molecule has 0 bridgehead atoms. The van der Waals surface area contributed by atoms with Crippen LogP contribution in [0.5, 0.6) is 0 Å². The molecule has 6 heteroatoms. The predicted octanol–water partition coefficient (Wildman–Crippen LogP) is 1.74. The van der Waals surface area contributed by atoms with Crippen LogP contribution in [0.25, 0.3) is 11.0 Å². The smallest absolute Gasteiger partial charge is 0.303 e. The number of carboxylic acids is 1. The molecule has 19 heavy (non-hydrogen) atoms. The highest BCUT2D eigenvalue weighted by Gasteiger charge is 2.19. The number of ketones is 1. The second kappa shape index (κ2) is 5.01. The number of carbonyl (C=O) groups is 3. The zero-order valence-corrected chi connectivity index (χ0v) is 10.3. The summed E-state index contributed by atoms with van der Waals surface area (Å²) in [5.74, 6) is -1.79. The fourth-order valence-electron chi connectivity index (χ4n) is 1.84. The maximum atomic E-state index is 12.1. The summed E-state index contributed by atoms with van der Waals surface area (Å²) >= 11 is 0. The number of imidazole rings is 1. The highest BCUT2D eigenvalue weighted by molar-refractivity contribution is 6.02. The van der Waals surface area contributed by atoms with Crippen LogP contribution in [0.3, 0.4) is 0 Å². The lowest BCUT2D eigenvalue weighted by Gasteiger charge is -2.04. The van der Waals surface area contributed by atoms with E-state index in [4.69, 9.17) is 5.11 Å². The molecule has 0 radical (unpaired) electrons. The van der Waals surface area contributed by atoms with Gasteiger partial charge in [0.15, 0.2) is 11.6 Å². The minimum atomic E-state index is -1.05. The topological polar surface area (TPSA) is 89.3 Å². The van der Waals surface area contributed by atoms with E-state index < -0.39 is 11.9 Å². The van der Waals surface area contributed by atoms with Crippen LogP contribution in [-0.2, 0) is 4.79 Å². The van der Waals surface area contributed by atoms with Gasteiger partial charge in [0, 0.05) is 13.3 Å². The molecule has 0 saturated carbocycles. The number of para-hydroxylation sites is 2. The Bertz CT molecular complexity index is 672. The van der Waals surface area contributed by atoms with E-state index in [0.717, 1.165) is 0 Å². The second-order valence-corrected chi connectivity index (χ2v) is 4.10. The van der Waals surface area contributed by atoms with Crippen molar-refractivity contribution in [2.24, 2.45) is 0 Å². The SMILES string of the molecule is CC(=O)c1nc2ccccc2n1C(=O)CCC(=O)O. The van der Waals surface area contributed by atoms with Crippen molar-refractivity contribution in [3.8, 4) is 0 Å². The largest absolute Gasteiger partial charge is 0.481 e. The summed E-state index contributed by atoms with van der Waals surface area (Å²) in [5.41, 5.74) is 1.06. The molecule has 0 saturated heterocycles. The molecule has 0 amide bonds. The van der Waals surface area contributed by atoms with Gasteiger partial charge in [-0.05, 0) is 12.1 Å². The van der Waals surface area contributed by atoms with E-state index in [1.807, 2.05) is 0 Å². The van der Waals surface area contributed by atoms with Crippen LogP contribution in [0, 0.1) is 0 Å². The molecule has 0 spiro atoms. The van der Waals surface area contributed by atoms with Crippen LogP contribution in [0.2, 0.25) is 0 Å². The summed E-state index contributed by atoms with van der Waals surface area (Å²) in [7, 11) is 0. The standard InChI is InChI=1S/C13H12N2O4/c1-8(16)13-14-9-4-2-3-5-10(9)15(13)11(17)6-7-12(18)19/h2-5H,6-7H2,1H3,(H,18,19). The van der Waals surface area contributed by atoms with Gasteiger partial charge < -0.3 is 5.11 Å². The van der Waals surface area contributed by atoms with Crippen molar-refractivity contribution in [1.29, 1.82) is 0 Å². The quantitative estimate of drug-likeness (QED) is 0.846. The zero-order valence-electron chi connectivity index (χ0n) is 10.3. The first-order valence-corrected chi connectivity index (χ1v) is 5.74. The van der Waals surface area contributed by atoms with Crippen molar-refractivity contribution >= 4 is 28.7 Å². The van der Waals surface area contributed by atoms with Crippen molar-refractivity contribution < 1.29 is 19.5 Å². The van der Waals surface area contributed by atoms with E-state index in [0.29, 0.717) is 11.0 Å². The van der Waals surface area contributed by atoms with Crippen molar-refractivity contribution in [2.45, 2.75) is 19.8 Å².